The van der Waals surface area contributed by atoms with E-state index in [1.165, 1.54) is 5.56 Å². The maximum absolute atomic E-state index is 5.84. The number of nitrogens with zero attached hydrogens (tertiary/aromatic N) is 4. The van der Waals surface area contributed by atoms with Crippen molar-refractivity contribution in [1.29, 1.82) is 0 Å². The molecule has 124 valence electrons. The summed E-state index contributed by atoms with van der Waals surface area (Å²) < 4.78 is 5.38. The van der Waals surface area contributed by atoms with Crippen LogP contribution >= 0.6 is 0 Å². The fraction of sp³-hybridized carbons (Fsp3) is 0.625. The second-order valence-corrected chi connectivity index (χ2v) is 6.58. The normalized spacial score (nSPS) is 15.5. The first-order chi connectivity index (χ1) is 11.0. The molecule has 7 nitrogen and oxygen atoms in total. The first-order valence-corrected chi connectivity index (χ1v) is 8.27. The number of nitrogen functional groups attached to an aromatic ring is 1. The van der Waals surface area contributed by atoms with Gasteiger partial charge >= 0.3 is 0 Å². The number of aryl methyl sites for hydroxylation is 1. The Bertz CT molecular complexity index is 681. The average molecular weight is 316 g/mol. The fourth-order valence-corrected chi connectivity index (χ4v) is 2.89. The molecule has 0 saturated heterocycles. The Kier molecular flexibility index (Phi) is 4.45. The van der Waals surface area contributed by atoms with Crippen LogP contribution < -0.4 is 11.1 Å². The predicted octanol–water partition coefficient (Wildman–Crippen LogP) is 2.69. The van der Waals surface area contributed by atoms with E-state index >= 15 is 0 Å². The Balaban J connectivity index is 1.78. The SMILES string of the molecule is CC(C)Cc1noc([C@@H](C)Nc2nc(N)nc3c2CCCC3)n1. The maximum atomic E-state index is 5.84. The Morgan fingerprint density at radius 1 is 1.13 bits per heavy atom. The van der Waals surface area contributed by atoms with Crippen molar-refractivity contribution in [3.05, 3.63) is 23.0 Å². The van der Waals surface area contributed by atoms with Crippen LogP contribution in [0.25, 0.3) is 0 Å². The van der Waals surface area contributed by atoms with Gasteiger partial charge in [-0.2, -0.15) is 9.97 Å². The van der Waals surface area contributed by atoms with E-state index in [0.717, 1.165) is 49.4 Å². The Morgan fingerprint density at radius 3 is 2.70 bits per heavy atom. The summed E-state index contributed by atoms with van der Waals surface area (Å²) in [6.07, 6.45) is 5.06. The van der Waals surface area contributed by atoms with Crippen LogP contribution in [0.4, 0.5) is 11.8 Å². The first kappa shape index (κ1) is 15.7. The number of fused-ring (bicyclic) bond motifs is 1. The quantitative estimate of drug-likeness (QED) is 0.874. The molecule has 0 unspecified atom stereocenters. The van der Waals surface area contributed by atoms with Gasteiger partial charge in [-0.15, -0.1) is 0 Å². The predicted molar refractivity (Wildman–Crippen MR) is 88.0 cm³/mol. The molecule has 2 heterocycles. The van der Waals surface area contributed by atoms with Crippen LogP contribution in [0.5, 0.6) is 0 Å². The molecule has 1 aliphatic rings. The molecule has 0 bridgehead atoms. The molecule has 1 aliphatic carbocycles. The summed E-state index contributed by atoms with van der Waals surface area (Å²) in [5.41, 5.74) is 8.07. The van der Waals surface area contributed by atoms with Crippen LogP contribution in [0, 0.1) is 5.92 Å². The molecule has 0 saturated carbocycles. The summed E-state index contributed by atoms with van der Waals surface area (Å²) >= 11 is 0. The fourth-order valence-electron chi connectivity index (χ4n) is 2.89. The third kappa shape index (κ3) is 3.60. The monoisotopic (exact) mass is 316 g/mol. The summed E-state index contributed by atoms with van der Waals surface area (Å²) in [6, 6.07) is -0.122. The standard InChI is InChI=1S/C16H24N6O/c1-9(2)8-13-20-15(23-22-13)10(3)18-14-11-6-4-5-7-12(11)19-16(17)21-14/h9-10H,4-8H2,1-3H3,(H3,17,18,19,21)/t10-/m1/s1. The van der Waals surface area contributed by atoms with Gasteiger partial charge in [-0.25, -0.2) is 4.98 Å². The van der Waals surface area contributed by atoms with Crippen molar-refractivity contribution in [2.24, 2.45) is 5.92 Å². The molecule has 3 rings (SSSR count). The lowest BCUT2D eigenvalue weighted by molar-refractivity contribution is 0.360. The van der Waals surface area contributed by atoms with Crippen LogP contribution in [0.3, 0.4) is 0 Å². The molecule has 2 aromatic heterocycles. The Hall–Kier alpha value is -2.18. The second-order valence-electron chi connectivity index (χ2n) is 6.58. The first-order valence-electron chi connectivity index (χ1n) is 8.27. The van der Waals surface area contributed by atoms with E-state index in [1.54, 1.807) is 0 Å². The third-order valence-electron chi connectivity index (χ3n) is 4.00. The summed E-state index contributed by atoms with van der Waals surface area (Å²) in [5, 5.41) is 7.41. The van der Waals surface area contributed by atoms with Crippen molar-refractivity contribution in [1.82, 2.24) is 20.1 Å². The number of nitrogens with one attached hydrogen (secondary N) is 1. The molecule has 0 radical (unpaired) electrons. The van der Waals surface area contributed by atoms with E-state index in [9.17, 15) is 0 Å². The summed E-state index contributed by atoms with van der Waals surface area (Å²) in [6.45, 7) is 6.25. The summed E-state index contributed by atoms with van der Waals surface area (Å²) in [5.74, 6) is 2.92. The number of aromatic nitrogens is 4. The van der Waals surface area contributed by atoms with Gasteiger partial charge in [0.05, 0.1) is 5.69 Å². The molecule has 0 fully saturated rings. The zero-order valence-corrected chi connectivity index (χ0v) is 14.0. The minimum Gasteiger partial charge on any atom is -0.368 e. The highest BCUT2D eigenvalue weighted by Crippen LogP contribution is 2.28. The van der Waals surface area contributed by atoms with Crippen LogP contribution in [-0.4, -0.2) is 20.1 Å². The summed E-state index contributed by atoms with van der Waals surface area (Å²) in [4.78, 5) is 13.2. The minimum atomic E-state index is -0.122. The minimum absolute atomic E-state index is 0.122. The largest absolute Gasteiger partial charge is 0.368 e. The second kappa shape index (κ2) is 6.52. The molecule has 0 aromatic carbocycles. The van der Waals surface area contributed by atoms with Crippen LogP contribution in [0.1, 0.15) is 62.6 Å². The molecule has 0 amide bonds. The molecule has 7 heteroatoms. The maximum Gasteiger partial charge on any atom is 0.248 e. The smallest absolute Gasteiger partial charge is 0.248 e. The van der Waals surface area contributed by atoms with E-state index in [2.05, 4.69) is 39.3 Å². The highest BCUT2D eigenvalue weighted by molar-refractivity contribution is 5.51. The van der Waals surface area contributed by atoms with Gasteiger partial charge in [0.2, 0.25) is 11.8 Å². The van der Waals surface area contributed by atoms with Gasteiger partial charge in [0, 0.05) is 12.0 Å². The molecule has 3 N–H and O–H groups in total. The van der Waals surface area contributed by atoms with Crippen molar-refractivity contribution in [2.45, 2.75) is 58.9 Å². The van der Waals surface area contributed by atoms with Gasteiger partial charge in [-0.05, 0) is 38.5 Å². The number of hydrogen-bond acceptors (Lipinski definition) is 7. The Labute approximate surface area is 136 Å². The van der Waals surface area contributed by atoms with Crippen molar-refractivity contribution in [3.8, 4) is 0 Å². The van der Waals surface area contributed by atoms with Gasteiger partial charge in [-0.1, -0.05) is 19.0 Å². The van der Waals surface area contributed by atoms with Crippen molar-refractivity contribution >= 4 is 11.8 Å². The molecule has 2 aromatic rings. The van der Waals surface area contributed by atoms with E-state index in [4.69, 9.17) is 10.3 Å². The van der Waals surface area contributed by atoms with E-state index < -0.39 is 0 Å². The highest BCUT2D eigenvalue weighted by atomic mass is 16.5. The van der Waals surface area contributed by atoms with Crippen molar-refractivity contribution in [2.75, 3.05) is 11.1 Å². The van der Waals surface area contributed by atoms with E-state index in [1.807, 2.05) is 6.92 Å². The molecule has 1 atom stereocenters. The number of anilines is 2. The van der Waals surface area contributed by atoms with Crippen LogP contribution in [0.2, 0.25) is 0 Å². The van der Waals surface area contributed by atoms with Crippen LogP contribution in [0.15, 0.2) is 4.52 Å². The zero-order chi connectivity index (χ0) is 16.4. The lowest BCUT2D eigenvalue weighted by Crippen LogP contribution is -2.16. The molecule has 0 aliphatic heterocycles. The number of nitrogens with two attached hydrogens (primary N) is 1. The Morgan fingerprint density at radius 2 is 1.91 bits per heavy atom. The number of rotatable bonds is 5. The lowest BCUT2D eigenvalue weighted by atomic mass is 9.96. The van der Waals surface area contributed by atoms with Crippen LogP contribution in [-0.2, 0) is 19.3 Å². The van der Waals surface area contributed by atoms with Gasteiger partial charge in [0.15, 0.2) is 5.82 Å². The topological polar surface area (TPSA) is 103 Å². The summed E-state index contributed by atoms with van der Waals surface area (Å²) in [7, 11) is 0. The zero-order valence-electron chi connectivity index (χ0n) is 14.0. The van der Waals surface area contributed by atoms with Crippen molar-refractivity contribution in [3.63, 3.8) is 0 Å². The van der Waals surface area contributed by atoms with E-state index in [0.29, 0.717) is 17.8 Å². The number of hydrogen-bond donors (Lipinski definition) is 2. The molecular formula is C16H24N6O. The van der Waals surface area contributed by atoms with Gasteiger partial charge in [-0.3, -0.25) is 0 Å². The van der Waals surface area contributed by atoms with Gasteiger partial charge in [0.1, 0.15) is 11.9 Å². The highest BCUT2D eigenvalue weighted by Gasteiger charge is 2.21. The molecule has 23 heavy (non-hydrogen) atoms. The van der Waals surface area contributed by atoms with Gasteiger partial charge in [0.25, 0.3) is 0 Å². The molecule has 0 spiro atoms. The third-order valence-corrected chi connectivity index (χ3v) is 4.00. The lowest BCUT2D eigenvalue weighted by Gasteiger charge is -2.20. The van der Waals surface area contributed by atoms with Crippen molar-refractivity contribution < 1.29 is 4.52 Å². The van der Waals surface area contributed by atoms with E-state index in [-0.39, 0.29) is 6.04 Å². The average Bonchev–Trinajstić information content (AvgIpc) is 2.95. The van der Waals surface area contributed by atoms with Gasteiger partial charge < -0.3 is 15.6 Å². The molecular weight excluding hydrogens is 292 g/mol.